The van der Waals surface area contributed by atoms with Gasteiger partial charge in [0.1, 0.15) is 0 Å². The number of nitrogens with zero attached hydrogens (tertiary/aromatic N) is 1. The van der Waals surface area contributed by atoms with Gasteiger partial charge in [-0.05, 0) is 49.9 Å². The fraction of sp³-hybridized carbons (Fsp3) is 0.704. The smallest absolute Gasteiger partial charge is 0.406 e. The number of halogens is 2. The normalized spacial score (nSPS) is 20.2. The molecule has 2 fully saturated rings. The lowest BCUT2D eigenvalue weighted by atomic mass is 9.85. The Morgan fingerprint density at radius 2 is 1.89 bits per heavy atom. The Balaban J connectivity index is 1.64. The van der Waals surface area contributed by atoms with E-state index in [4.69, 9.17) is 4.74 Å². The first-order valence-corrected chi connectivity index (χ1v) is 13.5. The number of alkyl carbamates (subject to hydrolysis) is 1. The van der Waals surface area contributed by atoms with E-state index < -0.39 is 23.8 Å². The summed E-state index contributed by atoms with van der Waals surface area (Å²) in [6, 6.07) is 3.72. The number of amides is 3. The summed E-state index contributed by atoms with van der Waals surface area (Å²) < 4.78 is 38.3. The largest absolute Gasteiger partial charge is 0.453 e. The molecule has 8 nitrogen and oxygen atoms in total. The molecule has 1 aliphatic heterocycles. The average Bonchev–Trinajstić information content (AvgIpc) is 2.91. The molecule has 3 amide bonds. The van der Waals surface area contributed by atoms with Gasteiger partial charge in [-0.2, -0.15) is 0 Å². The predicted molar refractivity (Wildman–Crippen MR) is 137 cm³/mol. The van der Waals surface area contributed by atoms with E-state index in [0.717, 1.165) is 31.4 Å². The number of likely N-dealkylation sites (tertiary alicyclic amines) is 1. The molecule has 1 heterocycles. The Bertz CT molecular complexity index is 869. The van der Waals surface area contributed by atoms with Crippen molar-refractivity contribution in [3.05, 3.63) is 35.4 Å². The van der Waals surface area contributed by atoms with Gasteiger partial charge >= 0.3 is 12.1 Å². The van der Waals surface area contributed by atoms with Crippen molar-refractivity contribution in [2.45, 2.75) is 63.5 Å². The molecule has 37 heavy (non-hydrogen) atoms. The molecule has 0 aromatic heterocycles. The van der Waals surface area contributed by atoms with Gasteiger partial charge in [-0.15, -0.1) is 0 Å². The second kappa shape index (κ2) is 15.1. The molecule has 1 aromatic carbocycles. The van der Waals surface area contributed by atoms with Crippen molar-refractivity contribution in [1.29, 1.82) is 0 Å². The fourth-order valence-corrected chi connectivity index (χ4v) is 5.58. The standard InChI is InChI=1S/C27H42F2N4O4/c1-30-17-22(15-19-7-4-3-5-8-19)32-26(34)33-13-6-9-21(18-33)25(37-14-12-31-27(35)36-2)20-10-11-23(28)24(29)16-20/h10-11,16,19,21-22,25,30H,3-9,12-15,17-18H2,1-2H3,(H,31,35)(H,32,34). The van der Waals surface area contributed by atoms with E-state index in [9.17, 15) is 18.4 Å². The number of methoxy groups -OCH3 is 1. The minimum atomic E-state index is -0.943. The van der Waals surface area contributed by atoms with Gasteiger partial charge in [-0.3, -0.25) is 0 Å². The van der Waals surface area contributed by atoms with E-state index in [1.54, 1.807) is 4.90 Å². The van der Waals surface area contributed by atoms with Gasteiger partial charge in [0, 0.05) is 38.1 Å². The third-order valence-electron chi connectivity index (χ3n) is 7.42. The molecule has 1 aromatic rings. The number of likely N-dealkylation sites (N-methyl/N-ethyl adjacent to an activating group) is 1. The van der Waals surface area contributed by atoms with Crippen molar-refractivity contribution in [3.8, 4) is 0 Å². The SMILES string of the molecule is CNCC(CC1CCCCC1)NC(=O)N1CCCC(C(OCCNC(=O)OC)c2ccc(F)c(F)c2)C1. The maximum absolute atomic E-state index is 14.1. The molecule has 3 rings (SSSR count). The molecular weight excluding hydrogens is 482 g/mol. The van der Waals surface area contributed by atoms with Crippen molar-refractivity contribution in [3.63, 3.8) is 0 Å². The summed E-state index contributed by atoms with van der Waals surface area (Å²) >= 11 is 0. The molecule has 1 aliphatic carbocycles. The average molecular weight is 525 g/mol. The summed E-state index contributed by atoms with van der Waals surface area (Å²) in [5.41, 5.74) is 0.509. The highest BCUT2D eigenvalue weighted by atomic mass is 19.2. The quantitative estimate of drug-likeness (QED) is 0.374. The Kier molecular flexibility index (Phi) is 11.9. The van der Waals surface area contributed by atoms with Gasteiger partial charge < -0.3 is 30.3 Å². The van der Waals surface area contributed by atoms with Gasteiger partial charge in [0.2, 0.25) is 0 Å². The fourth-order valence-electron chi connectivity index (χ4n) is 5.58. The molecule has 3 atom stereocenters. The zero-order valence-corrected chi connectivity index (χ0v) is 22.1. The highest BCUT2D eigenvalue weighted by Gasteiger charge is 2.32. The van der Waals surface area contributed by atoms with Crippen molar-refractivity contribution in [2.24, 2.45) is 11.8 Å². The number of hydrogen-bond acceptors (Lipinski definition) is 5. The number of ether oxygens (including phenoxy) is 2. The van der Waals surface area contributed by atoms with Crippen LogP contribution in [0.4, 0.5) is 18.4 Å². The van der Waals surface area contributed by atoms with E-state index >= 15 is 0 Å². The lowest BCUT2D eigenvalue weighted by Gasteiger charge is -2.38. The maximum Gasteiger partial charge on any atom is 0.406 e. The first-order valence-electron chi connectivity index (χ1n) is 13.5. The molecule has 2 aliphatic rings. The lowest BCUT2D eigenvalue weighted by molar-refractivity contribution is -0.00886. The number of piperidine rings is 1. The van der Waals surface area contributed by atoms with E-state index in [0.29, 0.717) is 31.1 Å². The van der Waals surface area contributed by atoms with Gasteiger partial charge in [0.25, 0.3) is 0 Å². The van der Waals surface area contributed by atoms with Crippen LogP contribution in [0.15, 0.2) is 18.2 Å². The van der Waals surface area contributed by atoms with Crippen LogP contribution in [-0.2, 0) is 9.47 Å². The molecule has 0 radical (unpaired) electrons. The van der Waals surface area contributed by atoms with Crippen molar-refractivity contribution >= 4 is 12.1 Å². The van der Waals surface area contributed by atoms with Gasteiger partial charge in [-0.1, -0.05) is 38.2 Å². The van der Waals surface area contributed by atoms with Crippen LogP contribution >= 0.6 is 0 Å². The number of carbonyl (C=O) groups is 2. The second-order valence-electron chi connectivity index (χ2n) is 10.2. The topological polar surface area (TPSA) is 91.9 Å². The molecule has 0 bridgehead atoms. The van der Waals surface area contributed by atoms with Crippen LogP contribution in [-0.4, -0.2) is 70.0 Å². The summed E-state index contributed by atoms with van der Waals surface area (Å²) in [4.78, 5) is 26.4. The first-order chi connectivity index (χ1) is 17.9. The monoisotopic (exact) mass is 524 g/mol. The maximum atomic E-state index is 14.1. The molecular formula is C27H42F2N4O4. The summed E-state index contributed by atoms with van der Waals surface area (Å²) in [6.45, 7) is 2.15. The first kappa shape index (κ1) is 29.1. The van der Waals surface area contributed by atoms with Crippen LogP contribution in [0.3, 0.4) is 0 Å². The van der Waals surface area contributed by atoms with Crippen LogP contribution < -0.4 is 16.0 Å². The Hall–Kier alpha value is -2.46. The molecule has 208 valence electrons. The molecule has 0 spiro atoms. The Morgan fingerprint density at radius 1 is 1.11 bits per heavy atom. The van der Waals surface area contributed by atoms with E-state index in [1.807, 2.05) is 7.05 Å². The number of hydrogen-bond donors (Lipinski definition) is 3. The molecule has 1 saturated heterocycles. The van der Waals surface area contributed by atoms with Gasteiger partial charge in [-0.25, -0.2) is 18.4 Å². The number of urea groups is 1. The van der Waals surface area contributed by atoms with Crippen molar-refractivity contribution in [2.75, 3.05) is 46.9 Å². The molecule has 1 saturated carbocycles. The predicted octanol–water partition coefficient (Wildman–Crippen LogP) is 4.36. The molecule has 3 unspecified atom stereocenters. The number of rotatable bonds is 11. The van der Waals surface area contributed by atoms with Gasteiger partial charge in [0.05, 0.1) is 19.8 Å². The minimum absolute atomic E-state index is 0.0589. The van der Waals surface area contributed by atoms with Crippen molar-refractivity contribution in [1.82, 2.24) is 20.9 Å². The van der Waals surface area contributed by atoms with E-state index in [1.165, 1.54) is 45.3 Å². The number of carbonyl (C=O) groups excluding carboxylic acids is 2. The number of nitrogens with one attached hydrogen (secondary N) is 3. The van der Waals surface area contributed by atoms with Crippen LogP contribution in [0, 0.1) is 23.5 Å². The highest BCUT2D eigenvalue weighted by molar-refractivity contribution is 5.74. The Labute approximate surface area is 218 Å². The summed E-state index contributed by atoms with van der Waals surface area (Å²) in [5, 5.41) is 9.00. The number of benzene rings is 1. The van der Waals surface area contributed by atoms with Crippen LogP contribution in [0.25, 0.3) is 0 Å². The van der Waals surface area contributed by atoms with E-state index in [2.05, 4.69) is 20.7 Å². The van der Waals surface area contributed by atoms with Gasteiger partial charge in [0.15, 0.2) is 11.6 Å². The molecule has 10 heteroatoms. The second-order valence-corrected chi connectivity index (χ2v) is 10.2. The van der Waals surface area contributed by atoms with Crippen LogP contribution in [0.5, 0.6) is 0 Å². The summed E-state index contributed by atoms with van der Waals surface area (Å²) in [7, 11) is 3.17. The minimum Gasteiger partial charge on any atom is -0.453 e. The zero-order chi connectivity index (χ0) is 26.6. The highest BCUT2D eigenvalue weighted by Crippen LogP contribution is 2.34. The van der Waals surface area contributed by atoms with E-state index in [-0.39, 0.29) is 31.1 Å². The lowest BCUT2D eigenvalue weighted by Crippen LogP contribution is -2.52. The third-order valence-corrected chi connectivity index (χ3v) is 7.42. The Morgan fingerprint density at radius 3 is 2.59 bits per heavy atom. The summed E-state index contributed by atoms with van der Waals surface area (Å²) in [5.74, 6) is -1.33. The third kappa shape index (κ3) is 9.10. The zero-order valence-electron chi connectivity index (χ0n) is 22.1. The van der Waals surface area contributed by atoms with Crippen molar-refractivity contribution < 1.29 is 27.8 Å². The van der Waals surface area contributed by atoms with Crippen LogP contribution in [0.2, 0.25) is 0 Å². The molecule has 3 N–H and O–H groups in total. The summed E-state index contributed by atoms with van der Waals surface area (Å²) in [6.07, 6.45) is 7.67. The van der Waals surface area contributed by atoms with Crippen LogP contribution in [0.1, 0.15) is 63.0 Å².